The van der Waals surface area contributed by atoms with Gasteiger partial charge in [0.2, 0.25) is 5.95 Å². The highest BCUT2D eigenvalue weighted by atomic mass is 32.2. The molecule has 6 heteroatoms. The average molecular weight is 227 g/mol. The Morgan fingerprint density at radius 3 is 2.73 bits per heavy atom. The van der Waals surface area contributed by atoms with Crippen LogP contribution in [0.4, 0.5) is 5.95 Å². The largest absolute Gasteiger partial charge is 0.352 e. The number of nitrogens with zero attached hydrogens (tertiary/aromatic N) is 4. The molecule has 2 rings (SSSR count). The molecule has 0 saturated heterocycles. The second-order valence-electron chi connectivity index (χ2n) is 4.07. The third-order valence-corrected chi connectivity index (χ3v) is 4.56. The maximum Gasteiger partial charge on any atom is 0.242 e. The fourth-order valence-electron chi connectivity index (χ4n) is 2.09. The number of nitrogens with one attached hydrogen (secondary N) is 1. The molecule has 1 aliphatic carbocycles. The highest BCUT2D eigenvalue weighted by molar-refractivity contribution is 8.00. The molecule has 0 radical (unpaired) electrons. The molecule has 1 heterocycles. The first-order valence-corrected chi connectivity index (χ1v) is 6.50. The standard InChI is InChI=1S/C9H17N5S/c1-14-8(11-12-13-14)10-7-9(15-2)5-3-4-6-9/h3-7H2,1-2H3,(H,10,11,13). The molecule has 0 unspecified atom stereocenters. The number of hydrogen-bond acceptors (Lipinski definition) is 5. The van der Waals surface area contributed by atoms with Gasteiger partial charge in [-0.25, -0.2) is 4.68 Å². The number of hydrogen-bond donors (Lipinski definition) is 1. The molecule has 15 heavy (non-hydrogen) atoms. The van der Waals surface area contributed by atoms with Crippen LogP contribution >= 0.6 is 11.8 Å². The van der Waals surface area contributed by atoms with Crippen LogP contribution in [-0.4, -0.2) is 37.8 Å². The first kappa shape index (κ1) is 10.7. The molecule has 1 aromatic rings. The molecular weight excluding hydrogens is 210 g/mol. The predicted molar refractivity (Wildman–Crippen MR) is 62.0 cm³/mol. The molecular formula is C9H17N5S. The van der Waals surface area contributed by atoms with Crippen molar-refractivity contribution >= 4 is 17.7 Å². The molecule has 1 saturated carbocycles. The van der Waals surface area contributed by atoms with E-state index in [0.29, 0.717) is 4.75 Å². The van der Waals surface area contributed by atoms with Crippen LogP contribution in [0.25, 0.3) is 0 Å². The third kappa shape index (κ3) is 2.25. The Morgan fingerprint density at radius 2 is 2.20 bits per heavy atom. The second kappa shape index (κ2) is 4.38. The molecule has 5 nitrogen and oxygen atoms in total. The molecule has 0 bridgehead atoms. The van der Waals surface area contributed by atoms with Crippen LogP contribution in [0, 0.1) is 0 Å². The van der Waals surface area contributed by atoms with E-state index >= 15 is 0 Å². The van der Waals surface area contributed by atoms with Crippen molar-refractivity contribution in [3.63, 3.8) is 0 Å². The predicted octanol–water partition coefficient (Wildman–Crippen LogP) is 1.30. The summed E-state index contributed by atoms with van der Waals surface area (Å²) >= 11 is 1.97. The Balaban J connectivity index is 1.94. The van der Waals surface area contributed by atoms with Gasteiger partial charge in [-0.1, -0.05) is 17.9 Å². The Morgan fingerprint density at radius 1 is 1.47 bits per heavy atom. The lowest BCUT2D eigenvalue weighted by Gasteiger charge is -2.26. The molecule has 1 fully saturated rings. The first-order chi connectivity index (χ1) is 7.26. The van der Waals surface area contributed by atoms with Crippen molar-refractivity contribution in [3.8, 4) is 0 Å². The van der Waals surface area contributed by atoms with E-state index in [-0.39, 0.29) is 0 Å². The lowest BCUT2D eigenvalue weighted by Crippen LogP contribution is -2.30. The highest BCUT2D eigenvalue weighted by Crippen LogP contribution is 2.40. The fourth-order valence-corrected chi connectivity index (χ4v) is 3.01. The number of anilines is 1. The summed E-state index contributed by atoms with van der Waals surface area (Å²) < 4.78 is 2.06. The highest BCUT2D eigenvalue weighted by Gasteiger charge is 2.32. The summed E-state index contributed by atoms with van der Waals surface area (Å²) in [5.41, 5.74) is 0. The van der Waals surface area contributed by atoms with E-state index in [0.717, 1.165) is 12.5 Å². The van der Waals surface area contributed by atoms with Crippen LogP contribution in [0.5, 0.6) is 0 Å². The molecule has 0 amide bonds. The average Bonchev–Trinajstić information content (AvgIpc) is 2.85. The smallest absolute Gasteiger partial charge is 0.242 e. The van der Waals surface area contributed by atoms with Gasteiger partial charge in [0, 0.05) is 18.3 Å². The van der Waals surface area contributed by atoms with Gasteiger partial charge < -0.3 is 5.32 Å². The Hall–Kier alpha value is -0.780. The summed E-state index contributed by atoms with van der Waals surface area (Å²) in [5.74, 6) is 0.760. The SMILES string of the molecule is CSC1(CNc2nnnn2C)CCCC1. The lowest BCUT2D eigenvalue weighted by molar-refractivity contribution is 0.631. The van der Waals surface area contributed by atoms with Crippen molar-refractivity contribution in [1.29, 1.82) is 0 Å². The number of aryl methyl sites for hydroxylation is 1. The molecule has 0 spiro atoms. The number of rotatable bonds is 4. The molecule has 84 valence electrons. The summed E-state index contributed by atoms with van der Waals surface area (Å²) in [6.07, 6.45) is 7.49. The summed E-state index contributed by atoms with van der Waals surface area (Å²) in [7, 11) is 1.85. The van der Waals surface area contributed by atoms with E-state index in [4.69, 9.17) is 0 Å². The monoisotopic (exact) mass is 227 g/mol. The van der Waals surface area contributed by atoms with E-state index in [1.54, 1.807) is 4.68 Å². The lowest BCUT2D eigenvalue weighted by atomic mass is 10.1. The maximum atomic E-state index is 3.92. The number of tetrazole rings is 1. The normalized spacial score (nSPS) is 19.3. The minimum Gasteiger partial charge on any atom is -0.352 e. The van der Waals surface area contributed by atoms with Crippen LogP contribution in [0.1, 0.15) is 25.7 Å². The summed E-state index contributed by atoms with van der Waals surface area (Å²) in [6, 6.07) is 0. The molecule has 0 aromatic carbocycles. The zero-order valence-corrected chi connectivity index (χ0v) is 10.0. The first-order valence-electron chi connectivity index (χ1n) is 5.27. The summed E-state index contributed by atoms with van der Waals surface area (Å²) in [4.78, 5) is 0. The van der Waals surface area contributed by atoms with Crippen molar-refractivity contribution in [2.24, 2.45) is 7.05 Å². The van der Waals surface area contributed by atoms with Crippen molar-refractivity contribution in [1.82, 2.24) is 20.2 Å². The van der Waals surface area contributed by atoms with Gasteiger partial charge in [-0.05, 0) is 29.5 Å². The van der Waals surface area contributed by atoms with Gasteiger partial charge in [0.15, 0.2) is 0 Å². The van der Waals surface area contributed by atoms with Crippen LogP contribution in [0.15, 0.2) is 0 Å². The minimum atomic E-state index is 0.395. The van der Waals surface area contributed by atoms with Crippen molar-refractivity contribution in [3.05, 3.63) is 0 Å². The minimum absolute atomic E-state index is 0.395. The molecule has 0 atom stereocenters. The third-order valence-electron chi connectivity index (χ3n) is 3.14. The zero-order valence-electron chi connectivity index (χ0n) is 9.23. The van der Waals surface area contributed by atoms with Crippen LogP contribution in [0.2, 0.25) is 0 Å². The summed E-state index contributed by atoms with van der Waals surface area (Å²) in [5, 5.41) is 14.7. The topological polar surface area (TPSA) is 55.6 Å². The summed E-state index contributed by atoms with van der Waals surface area (Å²) in [6.45, 7) is 0.961. The van der Waals surface area contributed by atoms with Gasteiger partial charge >= 0.3 is 0 Å². The van der Waals surface area contributed by atoms with E-state index in [1.807, 2.05) is 18.8 Å². The van der Waals surface area contributed by atoms with E-state index in [1.165, 1.54) is 25.7 Å². The Labute approximate surface area is 94.0 Å². The Bertz CT molecular complexity index is 318. The van der Waals surface area contributed by atoms with E-state index in [2.05, 4.69) is 27.1 Å². The van der Waals surface area contributed by atoms with Gasteiger partial charge in [-0.15, -0.1) is 0 Å². The Kier molecular flexibility index (Phi) is 3.14. The van der Waals surface area contributed by atoms with Gasteiger partial charge in [0.25, 0.3) is 0 Å². The van der Waals surface area contributed by atoms with Gasteiger partial charge in [0.1, 0.15) is 0 Å². The quantitative estimate of drug-likeness (QED) is 0.840. The molecule has 0 aliphatic heterocycles. The second-order valence-corrected chi connectivity index (χ2v) is 5.35. The van der Waals surface area contributed by atoms with Gasteiger partial charge in [-0.3, -0.25) is 0 Å². The van der Waals surface area contributed by atoms with Gasteiger partial charge in [-0.2, -0.15) is 11.8 Å². The molecule has 1 aliphatic rings. The van der Waals surface area contributed by atoms with Gasteiger partial charge in [0.05, 0.1) is 0 Å². The number of aromatic nitrogens is 4. The van der Waals surface area contributed by atoms with Crippen molar-refractivity contribution < 1.29 is 0 Å². The van der Waals surface area contributed by atoms with Crippen LogP contribution in [0.3, 0.4) is 0 Å². The van der Waals surface area contributed by atoms with E-state index in [9.17, 15) is 0 Å². The van der Waals surface area contributed by atoms with E-state index < -0.39 is 0 Å². The van der Waals surface area contributed by atoms with Crippen LogP contribution < -0.4 is 5.32 Å². The number of thioether (sulfide) groups is 1. The zero-order chi connectivity index (χ0) is 10.7. The van der Waals surface area contributed by atoms with Crippen molar-refractivity contribution in [2.75, 3.05) is 18.1 Å². The maximum absolute atomic E-state index is 3.92. The van der Waals surface area contributed by atoms with Crippen molar-refractivity contribution in [2.45, 2.75) is 30.4 Å². The molecule has 1 aromatic heterocycles. The fraction of sp³-hybridized carbons (Fsp3) is 0.889. The van der Waals surface area contributed by atoms with Crippen LogP contribution in [-0.2, 0) is 7.05 Å². The molecule has 1 N–H and O–H groups in total.